The molecule has 1 aromatic heterocycles. The fourth-order valence-electron chi connectivity index (χ4n) is 1.84. The highest BCUT2D eigenvalue weighted by atomic mass is 16.3. The van der Waals surface area contributed by atoms with Crippen LogP contribution in [0.2, 0.25) is 0 Å². The number of aliphatic hydroxyl groups is 1. The molecule has 1 atom stereocenters. The number of hydrogen-bond donors (Lipinski definition) is 2. The van der Waals surface area contributed by atoms with E-state index in [1.54, 1.807) is 0 Å². The Labute approximate surface area is 97.7 Å². The summed E-state index contributed by atoms with van der Waals surface area (Å²) in [7, 11) is 0. The Morgan fingerprint density at radius 3 is 2.69 bits per heavy atom. The van der Waals surface area contributed by atoms with E-state index in [-0.39, 0.29) is 12.1 Å². The van der Waals surface area contributed by atoms with Crippen molar-refractivity contribution in [3.63, 3.8) is 0 Å². The van der Waals surface area contributed by atoms with Crippen LogP contribution in [0.1, 0.15) is 32.9 Å². The smallest absolute Gasteiger partial charge is 0.0611 e. The quantitative estimate of drug-likeness (QED) is 0.768. The van der Waals surface area contributed by atoms with Crippen LogP contribution in [0.5, 0.6) is 0 Å². The van der Waals surface area contributed by atoms with Crippen molar-refractivity contribution in [1.82, 2.24) is 15.1 Å². The van der Waals surface area contributed by atoms with Gasteiger partial charge in [-0.1, -0.05) is 13.8 Å². The van der Waals surface area contributed by atoms with Gasteiger partial charge in [-0.3, -0.25) is 4.68 Å². The minimum Gasteiger partial charge on any atom is -0.394 e. The van der Waals surface area contributed by atoms with Crippen molar-refractivity contribution in [1.29, 1.82) is 0 Å². The van der Waals surface area contributed by atoms with Gasteiger partial charge in [0.25, 0.3) is 0 Å². The maximum Gasteiger partial charge on any atom is 0.0611 e. The monoisotopic (exact) mass is 225 g/mol. The van der Waals surface area contributed by atoms with E-state index >= 15 is 0 Å². The number of nitrogens with zero attached hydrogens (tertiary/aromatic N) is 2. The molecule has 0 bridgehead atoms. The molecule has 1 aromatic rings. The van der Waals surface area contributed by atoms with Crippen molar-refractivity contribution in [2.24, 2.45) is 0 Å². The maximum absolute atomic E-state index is 9.43. The average molecular weight is 225 g/mol. The van der Waals surface area contributed by atoms with Crippen LogP contribution in [0.25, 0.3) is 0 Å². The molecule has 0 aliphatic heterocycles. The number of hydrogen-bond acceptors (Lipinski definition) is 3. The van der Waals surface area contributed by atoms with Crippen LogP contribution in [0.4, 0.5) is 0 Å². The molecule has 16 heavy (non-hydrogen) atoms. The summed E-state index contributed by atoms with van der Waals surface area (Å²) >= 11 is 0. The Morgan fingerprint density at radius 2 is 2.25 bits per heavy atom. The molecule has 0 aliphatic rings. The van der Waals surface area contributed by atoms with Crippen molar-refractivity contribution in [3.8, 4) is 0 Å². The van der Waals surface area contributed by atoms with Crippen LogP contribution in [0.3, 0.4) is 0 Å². The van der Waals surface area contributed by atoms with Gasteiger partial charge in [-0.25, -0.2) is 0 Å². The van der Waals surface area contributed by atoms with Crippen LogP contribution in [0.15, 0.2) is 12.3 Å². The first-order valence-electron chi connectivity index (χ1n) is 5.84. The van der Waals surface area contributed by atoms with E-state index in [4.69, 9.17) is 0 Å². The molecule has 2 N–H and O–H groups in total. The standard InChI is InChI=1S/C12H23N3O/c1-10(2)13-12(4,9-16)6-8-15-7-5-11(3)14-15/h5,7,10,13,16H,6,8-9H2,1-4H3. The number of aliphatic hydroxyl groups excluding tert-OH is 1. The Morgan fingerprint density at radius 1 is 1.56 bits per heavy atom. The number of nitrogens with one attached hydrogen (secondary N) is 1. The first-order chi connectivity index (χ1) is 7.45. The second-order valence-corrected chi connectivity index (χ2v) is 4.99. The molecular formula is C12H23N3O. The summed E-state index contributed by atoms with van der Waals surface area (Å²) in [6.07, 6.45) is 2.84. The summed E-state index contributed by atoms with van der Waals surface area (Å²) in [6, 6.07) is 2.36. The summed E-state index contributed by atoms with van der Waals surface area (Å²) in [5, 5.41) is 17.2. The first kappa shape index (κ1) is 13.2. The number of aryl methyl sites for hydroxylation is 2. The molecular weight excluding hydrogens is 202 g/mol. The summed E-state index contributed by atoms with van der Waals surface area (Å²) in [5.74, 6) is 0. The van der Waals surface area contributed by atoms with Gasteiger partial charge in [0.15, 0.2) is 0 Å². The zero-order valence-corrected chi connectivity index (χ0v) is 10.7. The molecule has 0 fully saturated rings. The largest absolute Gasteiger partial charge is 0.394 e. The predicted molar refractivity (Wildman–Crippen MR) is 65.3 cm³/mol. The van der Waals surface area contributed by atoms with E-state index in [0.717, 1.165) is 18.7 Å². The van der Waals surface area contributed by atoms with Gasteiger partial charge in [0.05, 0.1) is 12.3 Å². The lowest BCUT2D eigenvalue weighted by Gasteiger charge is -2.31. The molecule has 92 valence electrons. The highest BCUT2D eigenvalue weighted by molar-refractivity contribution is 4.95. The van der Waals surface area contributed by atoms with E-state index in [1.807, 2.05) is 30.8 Å². The molecule has 0 aliphatic carbocycles. The number of aromatic nitrogens is 2. The zero-order chi connectivity index (χ0) is 12.2. The van der Waals surface area contributed by atoms with Gasteiger partial charge in [0.1, 0.15) is 0 Å². The third kappa shape index (κ3) is 3.94. The predicted octanol–water partition coefficient (Wildman–Crippen LogP) is 1.33. The van der Waals surface area contributed by atoms with Gasteiger partial charge >= 0.3 is 0 Å². The summed E-state index contributed by atoms with van der Waals surface area (Å²) in [5.41, 5.74) is 0.802. The molecule has 0 radical (unpaired) electrons. The molecule has 0 saturated heterocycles. The van der Waals surface area contributed by atoms with Gasteiger partial charge in [-0.05, 0) is 26.3 Å². The van der Waals surface area contributed by atoms with Crippen LogP contribution in [-0.4, -0.2) is 33.1 Å². The van der Waals surface area contributed by atoms with Gasteiger partial charge in [-0.15, -0.1) is 0 Å². The van der Waals surface area contributed by atoms with Crippen LogP contribution in [-0.2, 0) is 6.54 Å². The third-order valence-corrected chi connectivity index (χ3v) is 2.65. The topological polar surface area (TPSA) is 50.1 Å². The first-order valence-corrected chi connectivity index (χ1v) is 5.84. The normalized spacial score (nSPS) is 15.4. The molecule has 0 spiro atoms. The van der Waals surface area contributed by atoms with Crippen LogP contribution >= 0.6 is 0 Å². The molecule has 0 saturated carbocycles. The van der Waals surface area contributed by atoms with E-state index in [9.17, 15) is 5.11 Å². The summed E-state index contributed by atoms with van der Waals surface area (Å²) < 4.78 is 1.92. The molecule has 4 heteroatoms. The Kier molecular flexibility index (Phi) is 4.50. The van der Waals surface area contributed by atoms with Crippen LogP contribution in [0, 0.1) is 6.92 Å². The summed E-state index contributed by atoms with van der Waals surface area (Å²) in [6.45, 7) is 9.17. The van der Waals surface area contributed by atoms with Crippen molar-refractivity contribution in [2.45, 2.75) is 52.2 Å². The molecule has 1 heterocycles. The highest BCUT2D eigenvalue weighted by Gasteiger charge is 2.23. The lowest BCUT2D eigenvalue weighted by Crippen LogP contribution is -2.49. The highest BCUT2D eigenvalue weighted by Crippen LogP contribution is 2.11. The van der Waals surface area contributed by atoms with Gasteiger partial charge < -0.3 is 10.4 Å². The fraction of sp³-hybridized carbons (Fsp3) is 0.750. The summed E-state index contributed by atoms with van der Waals surface area (Å²) in [4.78, 5) is 0. The minimum absolute atomic E-state index is 0.144. The SMILES string of the molecule is Cc1ccn(CCC(C)(CO)NC(C)C)n1. The van der Waals surface area contributed by atoms with Crippen molar-refractivity contribution in [2.75, 3.05) is 6.61 Å². The fourth-order valence-corrected chi connectivity index (χ4v) is 1.84. The molecule has 0 aromatic carbocycles. The van der Waals surface area contributed by atoms with Gasteiger partial charge in [0, 0.05) is 24.3 Å². The Balaban J connectivity index is 2.50. The lowest BCUT2D eigenvalue weighted by molar-refractivity contribution is 0.151. The van der Waals surface area contributed by atoms with Gasteiger partial charge in [-0.2, -0.15) is 5.10 Å². The minimum atomic E-state index is -0.228. The maximum atomic E-state index is 9.43. The second-order valence-electron chi connectivity index (χ2n) is 4.99. The lowest BCUT2D eigenvalue weighted by atomic mass is 9.98. The van der Waals surface area contributed by atoms with Crippen molar-refractivity contribution < 1.29 is 5.11 Å². The third-order valence-electron chi connectivity index (χ3n) is 2.65. The van der Waals surface area contributed by atoms with Gasteiger partial charge in [0.2, 0.25) is 0 Å². The van der Waals surface area contributed by atoms with E-state index in [1.165, 1.54) is 0 Å². The van der Waals surface area contributed by atoms with Crippen molar-refractivity contribution >= 4 is 0 Å². The number of rotatable bonds is 6. The second kappa shape index (κ2) is 5.46. The Bertz CT molecular complexity index is 322. The average Bonchev–Trinajstić information content (AvgIpc) is 2.60. The molecule has 0 amide bonds. The zero-order valence-electron chi connectivity index (χ0n) is 10.7. The molecule has 1 unspecified atom stereocenters. The van der Waals surface area contributed by atoms with E-state index in [0.29, 0.717) is 6.04 Å². The molecule has 4 nitrogen and oxygen atoms in total. The van der Waals surface area contributed by atoms with E-state index in [2.05, 4.69) is 24.3 Å². The molecule has 1 rings (SSSR count). The van der Waals surface area contributed by atoms with Crippen LogP contribution < -0.4 is 5.32 Å². The Hall–Kier alpha value is -0.870. The van der Waals surface area contributed by atoms with Crippen molar-refractivity contribution in [3.05, 3.63) is 18.0 Å². The van der Waals surface area contributed by atoms with E-state index < -0.39 is 0 Å².